The maximum Gasteiger partial charge on any atom is 0.234 e. The van der Waals surface area contributed by atoms with Crippen LogP contribution in [0.3, 0.4) is 0 Å². The number of likely N-dealkylation sites (tertiary alicyclic amines) is 1. The fourth-order valence-electron chi connectivity index (χ4n) is 1.90. The van der Waals surface area contributed by atoms with E-state index in [0.717, 1.165) is 13.1 Å². The second-order valence-corrected chi connectivity index (χ2v) is 4.79. The van der Waals surface area contributed by atoms with Gasteiger partial charge in [-0.1, -0.05) is 5.16 Å². The van der Waals surface area contributed by atoms with E-state index in [4.69, 9.17) is 4.52 Å². The van der Waals surface area contributed by atoms with Crippen molar-refractivity contribution in [1.82, 2.24) is 20.4 Å². The molecule has 1 saturated heterocycles. The number of amides is 1. The molecule has 0 atom stereocenters. The Morgan fingerprint density at radius 2 is 2.29 bits per heavy atom. The number of aromatic nitrogens is 2. The van der Waals surface area contributed by atoms with Gasteiger partial charge in [-0.15, -0.1) is 0 Å². The highest BCUT2D eigenvalue weighted by Gasteiger charge is 2.33. The van der Waals surface area contributed by atoms with Crippen LogP contribution in [0.1, 0.15) is 31.5 Å². The Bertz CT molecular complexity index is 396. The number of carbonyl (C=O) groups is 1. The Labute approximate surface area is 100 Å². The number of hydrogen-bond donors (Lipinski definition) is 1. The number of aryl methyl sites for hydroxylation is 1. The highest BCUT2D eigenvalue weighted by molar-refractivity contribution is 5.78. The van der Waals surface area contributed by atoms with Gasteiger partial charge in [0.25, 0.3) is 0 Å². The van der Waals surface area contributed by atoms with Crippen LogP contribution in [0.5, 0.6) is 0 Å². The second-order valence-electron chi connectivity index (χ2n) is 4.79. The lowest BCUT2D eigenvalue weighted by Gasteiger charge is -2.36. The van der Waals surface area contributed by atoms with Crippen LogP contribution in [-0.2, 0) is 4.79 Å². The van der Waals surface area contributed by atoms with Gasteiger partial charge in [0.15, 0.2) is 5.82 Å². The standard InChI is InChI=1S/C11H18N4O2/c1-7(2)12-10(16)6-15-4-9(5-15)11-13-8(3)14-17-11/h7,9H,4-6H2,1-3H3,(H,12,16). The van der Waals surface area contributed by atoms with Gasteiger partial charge in [-0.05, 0) is 20.8 Å². The molecule has 1 aliphatic heterocycles. The van der Waals surface area contributed by atoms with Gasteiger partial charge in [0.2, 0.25) is 11.8 Å². The molecular formula is C11H18N4O2. The topological polar surface area (TPSA) is 71.3 Å². The van der Waals surface area contributed by atoms with Gasteiger partial charge in [0, 0.05) is 19.1 Å². The Hall–Kier alpha value is -1.43. The summed E-state index contributed by atoms with van der Waals surface area (Å²) in [5.41, 5.74) is 0. The van der Waals surface area contributed by atoms with Crippen LogP contribution in [0.15, 0.2) is 4.52 Å². The van der Waals surface area contributed by atoms with E-state index in [-0.39, 0.29) is 17.9 Å². The maximum atomic E-state index is 11.5. The molecule has 2 rings (SSSR count). The molecule has 6 heteroatoms. The number of nitrogens with zero attached hydrogens (tertiary/aromatic N) is 3. The molecular weight excluding hydrogens is 220 g/mol. The molecule has 0 radical (unpaired) electrons. The molecule has 0 spiro atoms. The Kier molecular flexibility index (Phi) is 3.42. The van der Waals surface area contributed by atoms with E-state index in [9.17, 15) is 4.79 Å². The zero-order valence-corrected chi connectivity index (χ0v) is 10.4. The summed E-state index contributed by atoms with van der Waals surface area (Å²) < 4.78 is 5.10. The van der Waals surface area contributed by atoms with Gasteiger partial charge in [0.1, 0.15) is 0 Å². The quantitative estimate of drug-likeness (QED) is 0.817. The maximum absolute atomic E-state index is 11.5. The van der Waals surface area contributed by atoms with E-state index in [1.165, 1.54) is 0 Å². The normalized spacial score (nSPS) is 17.2. The molecule has 17 heavy (non-hydrogen) atoms. The monoisotopic (exact) mass is 238 g/mol. The van der Waals surface area contributed by atoms with Crippen molar-refractivity contribution in [3.05, 3.63) is 11.7 Å². The van der Waals surface area contributed by atoms with Gasteiger partial charge >= 0.3 is 0 Å². The molecule has 0 aromatic carbocycles. The molecule has 0 aliphatic carbocycles. The first kappa shape index (κ1) is 12.0. The molecule has 1 aromatic heterocycles. The third-order valence-corrected chi connectivity index (χ3v) is 2.67. The summed E-state index contributed by atoms with van der Waals surface area (Å²) in [7, 11) is 0. The summed E-state index contributed by atoms with van der Waals surface area (Å²) in [4.78, 5) is 17.8. The first-order valence-corrected chi connectivity index (χ1v) is 5.86. The van der Waals surface area contributed by atoms with E-state index < -0.39 is 0 Å². The van der Waals surface area contributed by atoms with Crippen molar-refractivity contribution >= 4 is 5.91 Å². The van der Waals surface area contributed by atoms with Crippen molar-refractivity contribution in [2.24, 2.45) is 0 Å². The number of carbonyl (C=O) groups excluding carboxylic acids is 1. The largest absolute Gasteiger partial charge is 0.353 e. The summed E-state index contributed by atoms with van der Waals surface area (Å²) in [6.07, 6.45) is 0. The van der Waals surface area contributed by atoms with Crippen LogP contribution in [-0.4, -0.2) is 46.6 Å². The summed E-state index contributed by atoms with van der Waals surface area (Å²) in [5, 5.41) is 6.63. The predicted molar refractivity (Wildman–Crippen MR) is 61.5 cm³/mol. The minimum atomic E-state index is 0.0696. The zero-order chi connectivity index (χ0) is 12.4. The minimum absolute atomic E-state index is 0.0696. The Morgan fingerprint density at radius 3 is 2.82 bits per heavy atom. The Morgan fingerprint density at radius 1 is 1.59 bits per heavy atom. The van der Waals surface area contributed by atoms with Crippen molar-refractivity contribution < 1.29 is 9.32 Å². The lowest BCUT2D eigenvalue weighted by atomic mass is 10.0. The van der Waals surface area contributed by atoms with E-state index in [1.54, 1.807) is 6.92 Å². The first-order valence-electron chi connectivity index (χ1n) is 5.86. The fraction of sp³-hybridized carbons (Fsp3) is 0.727. The molecule has 0 bridgehead atoms. The highest BCUT2D eigenvalue weighted by Crippen LogP contribution is 2.24. The SMILES string of the molecule is Cc1noc(C2CN(CC(=O)NC(C)C)C2)n1. The molecule has 1 aromatic rings. The Balaban J connectivity index is 1.74. The smallest absolute Gasteiger partial charge is 0.234 e. The lowest BCUT2D eigenvalue weighted by molar-refractivity contribution is -0.123. The van der Waals surface area contributed by atoms with Crippen LogP contribution in [0.2, 0.25) is 0 Å². The van der Waals surface area contributed by atoms with E-state index in [1.807, 2.05) is 13.8 Å². The van der Waals surface area contributed by atoms with Crippen LogP contribution in [0.25, 0.3) is 0 Å². The van der Waals surface area contributed by atoms with Gasteiger partial charge in [0.05, 0.1) is 12.5 Å². The van der Waals surface area contributed by atoms with Crippen LogP contribution < -0.4 is 5.32 Å². The average molecular weight is 238 g/mol. The van der Waals surface area contributed by atoms with E-state index in [0.29, 0.717) is 18.3 Å². The molecule has 6 nitrogen and oxygen atoms in total. The summed E-state index contributed by atoms with van der Waals surface area (Å²) in [6.45, 7) is 7.79. The van der Waals surface area contributed by atoms with Crippen molar-refractivity contribution in [3.63, 3.8) is 0 Å². The fourth-order valence-corrected chi connectivity index (χ4v) is 1.90. The second kappa shape index (κ2) is 4.83. The highest BCUT2D eigenvalue weighted by atomic mass is 16.5. The van der Waals surface area contributed by atoms with Crippen molar-refractivity contribution in [2.45, 2.75) is 32.7 Å². The summed E-state index contributed by atoms with van der Waals surface area (Å²) >= 11 is 0. The number of hydrogen-bond acceptors (Lipinski definition) is 5. The predicted octanol–water partition coefficient (Wildman–Crippen LogP) is 0.302. The zero-order valence-electron chi connectivity index (χ0n) is 10.4. The lowest BCUT2D eigenvalue weighted by Crippen LogP contribution is -2.50. The molecule has 0 saturated carbocycles. The van der Waals surface area contributed by atoms with Crippen molar-refractivity contribution in [2.75, 3.05) is 19.6 Å². The average Bonchev–Trinajstić information content (AvgIpc) is 2.56. The van der Waals surface area contributed by atoms with Crippen LogP contribution in [0.4, 0.5) is 0 Å². The molecule has 1 amide bonds. The van der Waals surface area contributed by atoms with Gasteiger partial charge in [-0.2, -0.15) is 4.98 Å². The van der Waals surface area contributed by atoms with Crippen LogP contribution in [0, 0.1) is 6.92 Å². The van der Waals surface area contributed by atoms with Gasteiger partial charge < -0.3 is 9.84 Å². The number of nitrogens with one attached hydrogen (secondary N) is 1. The molecule has 1 N–H and O–H groups in total. The summed E-state index contributed by atoms with van der Waals surface area (Å²) in [5.74, 6) is 1.70. The first-order chi connectivity index (χ1) is 8.04. The summed E-state index contributed by atoms with van der Waals surface area (Å²) in [6, 6.07) is 0.193. The van der Waals surface area contributed by atoms with Crippen molar-refractivity contribution in [1.29, 1.82) is 0 Å². The van der Waals surface area contributed by atoms with Gasteiger partial charge in [-0.3, -0.25) is 9.69 Å². The van der Waals surface area contributed by atoms with E-state index >= 15 is 0 Å². The molecule has 0 unspecified atom stereocenters. The minimum Gasteiger partial charge on any atom is -0.353 e. The van der Waals surface area contributed by atoms with Gasteiger partial charge in [-0.25, -0.2) is 0 Å². The molecule has 94 valence electrons. The van der Waals surface area contributed by atoms with Crippen molar-refractivity contribution in [3.8, 4) is 0 Å². The number of rotatable bonds is 4. The molecule has 2 heterocycles. The van der Waals surface area contributed by atoms with E-state index in [2.05, 4.69) is 20.4 Å². The van der Waals surface area contributed by atoms with Crippen LogP contribution >= 0.6 is 0 Å². The third-order valence-electron chi connectivity index (χ3n) is 2.67. The third kappa shape index (κ3) is 3.03. The molecule has 1 aliphatic rings. The molecule has 1 fully saturated rings.